The summed E-state index contributed by atoms with van der Waals surface area (Å²) in [5, 5.41) is 14.4. The highest BCUT2D eigenvalue weighted by atomic mass is 16.4. The van der Waals surface area contributed by atoms with Gasteiger partial charge in [0.05, 0.1) is 5.41 Å². The molecule has 0 aromatic rings. The molecule has 0 bridgehead atoms. The van der Waals surface area contributed by atoms with Crippen LogP contribution in [0.3, 0.4) is 0 Å². The van der Waals surface area contributed by atoms with Crippen molar-refractivity contribution in [3.8, 4) is 0 Å². The molecule has 1 aliphatic rings. The topological polar surface area (TPSA) is 78.4 Å². The molecule has 1 rings (SSSR count). The van der Waals surface area contributed by atoms with Gasteiger partial charge < -0.3 is 15.7 Å². The van der Waals surface area contributed by atoms with E-state index in [-0.39, 0.29) is 18.6 Å². The number of carbonyl (C=O) groups is 2. The van der Waals surface area contributed by atoms with Crippen molar-refractivity contribution >= 4 is 12.0 Å². The predicted octanol–water partition coefficient (Wildman–Crippen LogP) is 1.58. The third kappa shape index (κ3) is 3.91. The van der Waals surface area contributed by atoms with Crippen molar-refractivity contribution in [1.82, 2.24) is 10.6 Å². The normalized spacial score (nSPS) is 18.1. The molecule has 0 spiro atoms. The van der Waals surface area contributed by atoms with Crippen LogP contribution in [0.15, 0.2) is 0 Å². The number of carboxylic acids is 1. The van der Waals surface area contributed by atoms with Crippen molar-refractivity contribution in [3.05, 3.63) is 0 Å². The van der Waals surface area contributed by atoms with Crippen molar-refractivity contribution in [3.63, 3.8) is 0 Å². The molecule has 5 heteroatoms. The quantitative estimate of drug-likeness (QED) is 0.685. The minimum Gasteiger partial charge on any atom is -0.481 e. The van der Waals surface area contributed by atoms with Gasteiger partial charge in [0.25, 0.3) is 0 Å². The van der Waals surface area contributed by atoms with E-state index in [0.29, 0.717) is 5.92 Å². The SMILES string of the molecule is CC(NC(=O)NCC(C)(C)C(=O)O)C1CCC1. The predicted molar refractivity (Wildman–Crippen MR) is 64.8 cm³/mol. The molecule has 1 fully saturated rings. The van der Waals surface area contributed by atoms with Crippen molar-refractivity contribution in [2.45, 2.75) is 46.1 Å². The lowest BCUT2D eigenvalue weighted by Crippen LogP contribution is -2.48. The van der Waals surface area contributed by atoms with Gasteiger partial charge >= 0.3 is 12.0 Å². The summed E-state index contributed by atoms with van der Waals surface area (Å²) in [4.78, 5) is 22.4. The Morgan fingerprint density at radius 2 is 2.00 bits per heavy atom. The Kier molecular flexibility index (Phi) is 4.37. The maximum Gasteiger partial charge on any atom is 0.315 e. The fourth-order valence-electron chi connectivity index (χ4n) is 1.69. The molecule has 0 heterocycles. The first-order valence-electron chi connectivity index (χ1n) is 6.10. The molecule has 3 N–H and O–H groups in total. The largest absolute Gasteiger partial charge is 0.481 e. The zero-order valence-electron chi connectivity index (χ0n) is 10.7. The molecule has 0 aromatic heterocycles. The number of urea groups is 1. The molecule has 1 unspecified atom stereocenters. The maximum atomic E-state index is 11.6. The van der Waals surface area contributed by atoms with E-state index >= 15 is 0 Å². The summed E-state index contributed by atoms with van der Waals surface area (Å²) in [6, 6.07) is -0.115. The first kappa shape index (κ1) is 13.8. The number of carbonyl (C=O) groups excluding carboxylic acids is 1. The number of nitrogens with one attached hydrogen (secondary N) is 2. The standard InChI is InChI=1S/C12H22N2O3/c1-8(9-5-4-6-9)14-11(17)13-7-12(2,3)10(15)16/h8-9H,4-7H2,1-3H3,(H,15,16)(H2,13,14,17). The zero-order valence-corrected chi connectivity index (χ0v) is 10.7. The monoisotopic (exact) mass is 242 g/mol. The minimum absolute atomic E-state index is 0.131. The summed E-state index contributed by atoms with van der Waals surface area (Å²) < 4.78 is 0. The van der Waals surface area contributed by atoms with E-state index in [0.717, 1.165) is 0 Å². The van der Waals surface area contributed by atoms with Gasteiger partial charge in [0, 0.05) is 12.6 Å². The van der Waals surface area contributed by atoms with Gasteiger partial charge in [0.1, 0.15) is 0 Å². The Morgan fingerprint density at radius 3 is 2.41 bits per heavy atom. The van der Waals surface area contributed by atoms with Gasteiger partial charge in [0.15, 0.2) is 0 Å². The van der Waals surface area contributed by atoms with Crippen molar-refractivity contribution in [2.24, 2.45) is 11.3 Å². The van der Waals surface area contributed by atoms with Gasteiger partial charge in [-0.25, -0.2) is 4.79 Å². The molecule has 2 amide bonds. The van der Waals surface area contributed by atoms with Crippen LogP contribution in [0.2, 0.25) is 0 Å². The van der Waals surface area contributed by atoms with Gasteiger partial charge in [-0.1, -0.05) is 6.42 Å². The van der Waals surface area contributed by atoms with Crippen LogP contribution in [0.5, 0.6) is 0 Å². The Morgan fingerprint density at radius 1 is 1.41 bits per heavy atom. The average molecular weight is 242 g/mol. The Labute approximate surface area is 102 Å². The summed E-state index contributed by atoms with van der Waals surface area (Å²) in [6.07, 6.45) is 3.58. The van der Waals surface area contributed by atoms with E-state index < -0.39 is 11.4 Å². The van der Waals surface area contributed by atoms with E-state index in [4.69, 9.17) is 5.11 Å². The van der Waals surface area contributed by atoms with Crippen LogP contribution >= 0.6 is 0 Å². The van der Waals surface area contributed by atoms with Gasteiger partial charge in [-0.05, 0) is 39.5 Å². The molecule has 5 nitrogen and oxygen atoms in total. The number of amides is 2. The number of rotatable bonds is 5. The molecule has 17 heavy (non-hydrogen) atoms. The molecule has 0 radical (unpaired) electrons. The summed E-state index contributed by atoms with van der Waals surface area (Å²) in [5.41, 5.74) is -0.933. The number of hydrogen-bond donors (Lipinski definition) is 3. The van der Waals surface area contributed by atoms with Crippen molar-refractivity contribution in [2.75, 3.05) is 6.54 Å². The fraction of sp³-hybridized carbons (Fsp3) is 0.833. The Bertz CT molecular complexity index is 298. The molecule has 0 aliphatic heterocycles. The van der Waals surface area contributed by atoms with Crippen LogP contribution in [0.25, 0.3) is 0 Å². The molecule has 1 saturated carbocycles. The van der Waals surface area contributed by atoms with Crippen molar-refractivity contribution < 1.29 is 14.7 Å². The van der Waals surface area contributed by atoms with Crippen LogP contribution in [0.4, 0.5) is 4.79 Å². The van der Waals surface area contributed by atoms with Gasteiger partial charge in [-0.15, -0.1) is 0 Å². The summed E-state index contributed by atoms with van der Waals surface area (Å²) >= 11 is 0. The maximum absolute atomic E-state index is 11.6. The Balaban J connectivity index is 2.27. The highest BCUT2D eigenvalue weighted by molar-refractivity contribution is 5.77. The van der Waals surface area contributed by atoms with Gasteiger partial charge in [0.2, 0.25) is 0 Å². The minimum atomic E-state index is -0.933. The highest BCUT2D eigenvalue weighted by Gasteiger charge is 2.29. The van der Waals surface area contributed by atoms with E-state index in [9.17, 15) is 9.59 Å². The molecule has 98 valence electrons. The number of aliphatic carboxylic acids is 1. The van der Waals surface area contributed by atoms with E-state index in [1.165, 1.54) is 19.3 Å². The smallest absolute Gasteiger partial charge is 0.315 e. The van der Waals surface area contributed by atoms with E-state index in [1.54, 1.807) is 13.8 Å². The molecule has 0 aromatic carbocycles. The lowest BCUT2D eigenvalue weighted by Gasteiger charge is -2.32. The lowest BCUT2D eigenvalue weighted by atomic mass is 9.80. The summed E-state index contributed by atoms with van der Waals surface area (Å²) in [5.74, 6) is -0.335. The van der Waals surface area contributed by atoms with Crippen LogP contribution in [-0.2, 0) is 4.79 Å². The zero-order chi connectivity index (χ0) is 13.1. The first-order valence-corrected chi connectivity index (χ1v) is 6.10. The first-order chi connectivity index (χ1) is 7.83. The average Bonchev–Trinajstić information content (AvgIpc) is 2.11. The second kappa shape index (κ2) is 5.38. The Hall–Kier alpha value is -1.26. The van der Waals surface area contributed by atoms with Crippen LogP contribution in [0.1, 0.15) is 40.0 Å². The molecular formula is C12H22N2O3. The van der Waals surface area contributed by atoms with Crippen LogP contribution in [0, 0.1) is 11.3 Å². The fourth-order valence-corrected chi connectivity index (χ4v) is 1.69. The molecule has 1 atom stereocenters. The van der Waals surface area contributed by atoms with E-state index in [2.05, 4.69) is 10.6 Å². The van der Waals surface area contributed by atoms with Gasteiger partial charge in [-0.2, -0.15) is 0 Å². The second-order valence-corrected chi connectivity index (χ2v) is 5.50. The molecule has 1 aliphatic carbocycles. The third-order valence-electron chi connectivity index (χ3n) is 3.49. The second-order valence-electron chi connectivity index (χ2n) is 5.50. The van der Waals surface area contributed by atoms with E-state index in [1.807, 2.05) is 6.92 Å². The summed E-state index contributed by atoms with van der Waals surface area (Å²) in [7, 11) is 0. The van der Waals surface area contributed by atoms with Crippen LogP contribution in [-0.4, -0.2) is 29.7 Å². The number of carboxylic acid groups (broad SMARTS) is 1. The third-order valence-corrected chi connectivity index (χ3v) is 3.49. The van der Waals surface area contributed by atoms with Crippen molar-refractivity contribution in [1.29, 1.82) is 0 Å². The molecule has 0 saturated heterocycles. The highest BCUT2D eigenvalue weighted by Crippen LogP contribution is 2.29. The summed E-state index contributed by atoms with van der Waals surface area (Å²) in [6.45, 7) is 5.30. The van der Waals surface area contributed by atoms with Crippen LogP contribution < -0.4 is 10.6 Å². The van der Waals surface area contributed by atoms with Gasteiger partial charge in [-0.3, -0.25) is 4.79 Å². The molecular weight excluding hydrogens is 220 g/mol. The lowest BCUT2D eigenvalue weighted by molar-refractivity contribution is -0.146. The number of hydrogen-bond acceptors (Lipinski definition) is 2.